The molecule has 0 bridgehead atoms. The molecule has 1 aliphatic rings. The smallest absolute Gasteiger partial charge is 0.469 e. The average Bonchev–Trinajstić information content (AvgIpc) is 2.67. The van der Waals surface area contributed by atoms with Crippen molar-refractivity contribution < 1.29 is 33.5 Å². The van der Waals surface area contributed by atoms with Gasteiger partial charge in [-0.05, 0) is 26.1 Å². The van der Waals surface area contributed by atoms with Crippen molar-refractivity contribution in [2.45, 2.75) is 18.4 Å². The highest BCUT2D eigenvalue weighted by Crippen LogP contribution is 2.47. The first-order valence-corrected chi connectivity index (χ1v) is 12.1. The summed E-state index contributed by atoms with van der Waals surface area (Å²) in [6, 6.07) is 7.44. The minimum Gasteiger partial charge on any atom is -0.507 e. The average molecular weight is 494 g/mol. The Morgan fingerprint density at radius 2 is 1.94 bits per heavy atom. The predicted octanol–water partition coefficient (Wildman–Crippen LogP) is 1.68. The number of phosphoric ester groups is 1. The van der Waals surface area contributed by atoms with E-state index in [0.29, 0.717) is 23.6 Å². The van der Waals surface area contributed by atoms with Crippen LogP contribution in [0.1, 0.15) is 17.9 Å². The minimum absolute atomic E-state index is 0.0829. The second-order valence-electron chi connectivity index (χ2n) is 8.28. The molecule has 2 aromatic carbocycles. The van der Waals surface area contributed by atoms with Gasteiger partial charge in [0.25, 0.3) is 0 Å². The fourth-order valence-corrected chi connectivity index (χ4v) is 5.21. The van der Waals surface area contributed by atoms with E-state index in [9.17, 15) is 29.4 Å². The van der Waals surface area contributed by atoms with E-state index in [1.165, 1.54) is 6.07 Å². The molecule has 1 aliphatic heterocycles. The molecule has 1 aromatic heterocycles. The number of phenols is 2. The van der Waals surface area contributed by atoms with Crippen LogP contribution in [-0.4, -0.2) is 59.0 Å². The third-order valence-electron chi connectivity index (χ3n) is 5.79. The van der Waals surface area contributed by atoms with Crippen molar-refractivity contribution in [2.75, 3.05) is 20.1 Å². The van der Waals surface area contributed by atoms with Gasteiger partial charge in [0.15, 0.2) is 5.43 Å². The maximum atomic E-state index is 13.0. The normalized spacial score (nSPS) is 19.8. The third-order valence-corrected chi connectivity index (χ3v) is 6.65. The van der Waals surface area contributed by atoms with Gasteiger partial charge in [-0.2, -0.15) is 0 Å². The summed E-state index contributed by atoms with van der Waals surface area (Å²) in [4.78, 5) is 33.6. The van der Waals surface area contributed by atoms with Crippen molar-refractivity contribution in [2.24, 2.45) is 0 Å². The second-order valence-corrected chi connectivity index (χ2v) is 9.88. The highest BCUT2D eigenvalue weighted by Gasteiger charge is 2.38. The van der Waals surface area contributed by atoms with Crippen molar-refractivity contribution in [3.63, 3.8) is 0 Å². The van der Waals surface area contributed by atoms with Crippen LogP contribution < -0.4 is 10.9 Å². The number of likely N-dealkylation sites (N-methyl/N-ethyl adjacent to an activating group) is 1. The molecule has 9 nitrogen and oxygen atoms in total. The molecular formula is C21H22BClNO8P. The summed E-state index contributed by atoms with van der Waals surface area (Å²) in [5.74, 6) is -1.43. The molecule has 0 aliphatic carbocycles. The van der Waals surface area contributed by atoms with Crippen molar-refractivity contribution in [3.8, 4) is 22.8 Å². The topological polar surface area (TPSA) is 141 Å². The summed E-state index contributed by atoms with van der Waals surface area (Å²) < 4.78 is 22.7. The lowest BCUT2D eigenvalue weighted by Gasteiger charge is -2.36. The van der Waals surface area contributed by atoms with Gasteiger partial charge in [-0.15, -0.1) is 0 Å². The van der Waals surface area contributed by atoms with Crippen LogP contribution in [0.2, 0.25) is 5.02 Å². The monoisotopic (exact) mass is 493 g/mol. The maximum Gasteiger partial charge on any atom is 0.469 e. The Balaban J connectivity index is 1.97. The zero-order valence-electron chi connectivity index (χ0n) is 17.9. The molecule has 12 heteroatoms. The number of aromatic hydroxyl groups is 2. The summed E-state index contributed by atoms with van der Waals surface area (Å²) in [6.45, 7) is 0.715. The highest BCUT2D eigenvalue weighted by atomic mass is 35.5. The van der Waals surface area contributed by atoms with Gasteiger partial charge in [-0.3, -0.25) is 9.32 Å². The lowest BCUT2D eigenvalue weighted by atomic mass is 9.85. The van der Waals surface area contributed by atoms with Gasteiger partial charge in [-0.1, -0.05) is 29.2 Å². The number of rotatable bonds is 4. The van der Waals surface area contributed by atoms with Crippen molar-refractivity contribution in [1.29, 1.82) is 0 Å². The van der Waals surface area contributed by atoms with Gasteiger partial charge in [0.05, 0.1) is 11.1 Å². The molecule has 0 radical (unpaired) electrons. The summed E-state index contributed by atoms with van der Waals surface area (Å²) in [7, 11) is -1.21. The maximum absolute atomic E-state index is 13.0. The molecular weight excluding hydrogens is 471 g/mol. The first-order chi connectivity index (χ1) is 15.4. The molecule has 0 amide bonds. The molecule has 1 fully saturated rings. The Kier molecular flexibility index (Phi) is 6.35. The summed E-state index contributed by atoms with van der Waals surface area (Å²) in [5, 5.41) is 21.4. The lowest BCUT2D eigenvalue weighted by molar-refractivity contribution is 0.0544. The number of likely N-dealkylation sites (tertiary alicyclic amines) is 1. The van der Waals surface area contributed by atoms with E-state index in [0.717, 1.165) is 11.5 Å². The Morgan fingerprint density at radius 1 is 1.21 bits per heavy atom. The standard InChI is InChI=1S/C21H22BClNO8P/c1-24-5-4-12(18(9-24)32-33(28,29)30)19-14(25)7-15(26)20-16(27)8-17(31-21(19)20)11-3-2-10(22)6-13(11)23/h2-3,6-8,12,18,25-26H,4-5,9,22H2,1H3,(H2,28,29,30)/t12-,18+/m0/s1. The van der Waals surface area contributed by atoms with E-state index in [4.69, 9.17) is 20.5 Å². The van der Waals surface area contributed by atoms with E-state index in [2.05, 4.69) is 0 Å². The zero-order chi connectivity index (χ0) is 24.1. The van der Waals surface area contributed by atoms with E-state index in [-0.39, 0.29) is 34.6 Å². The van der Waals surface area contributed by atoms with Gasteiger partial charge in [0.2, 0.25) is 0 Å². The number of piperidine rings is 1. The second kappa shape index (κ2) is 8.79. The number of benzene rings is 2. The molecule has 0 unspecified atom stereocenters. The first-order valence-electron chi connectivity index (χ1n) is 10.2. The molecule has 4 rings (SSSR count). The molecule has 2 heterocycles. The van der Waals surface area contributed by atoms with Gasteiger partial charge in [-0.25, -0.2) is 4.57 Å². The van der Waals surface area contributed by atoms with E-state index < -0.39 is 31.0 Å². The SMILES string of the molecule is Bc1ccc(-c2cc(=O)c3c(O)cc(O)c([C@H]4CCN(C)C[C@H]4OP(=O)(O)O)c3o2)c(Cl)c1. The van der Waals surface area contributed by atoms with Crippen LogP contribution in [0.5, 0.6) is 11.5 Å². The number of phosphoric acid groups is 1. The number of halogens is 1. The van der Waals surface area contributed by atoms with E-state index in [1.54, 1.807) is 25.2 Å². The van der Waals surface area contributed by atoms with Crippen molar-refractivity contribution >= 4 is 43.7 Å². The molecule has 174 valence electrons. The fraction of sp³-hybridized carbons (Fsp3) is 0.286. The predicted molar refractivity (Wildman–Crippen MR) is 126 cm³/mol. The van der Waals surface area contributed by atoms with Crippen LogP contribution >= 0.6 is 19.4 Å². The zero-order valence-corrected chi connectivity index (χ0v) is 19.5. The van der Waals surface area contributed by atoms with Gasteiger partial charge in [0.1, 0.15) is 36.1 Å². The van der Waals surface area contributed by atoms with E-state index in [1.807, 2.05) is 12.7 Å². The van der Waals surface area contributed by atoms with Crippen molar-refractivity contribution in [3.05, 3.63) is 51.1 Å². The summed E-state index contributed by atoms with van der Waals surface area (Å²) in [6.07, 6.45) is -0.645. The number of phenolic OH excluding ortho intramolecular Hbond substituents is 2. The van der Waals surface area contributed by atoms with Crippen LogP contribution in [0.15, 0.2) is 39.5 Å². The molecule has 0 spiro atoms. The van der Waals surface area contributed by atoms with Gasteiger partial charge >= 0.3 is 7.82 Å². The molecule has 1 saturated heterocycles. The van der Waals surface area contributed by atoms with Gasteiger partial charge in [0, 0.05) is 35.7 Å². The largest absolute Gasteiger partial charge is 0.507 e. The lowest BCUT2D eigenvalue weighted by Crippen LogP contribution is -2.41. The first kappa shape index (κ1) is 23.8. The fourth-order valence-electron chi connectivity index (χ4n) is 4.32. The van der Waals surface area contributed by atoms with Gasteiger partial charge < -0.3 is 29.3 Å². The van der Waals surface area contributed by atoms with Crippen LogP contribution in [0.3, 0.4) is 0 Å². The number of hydrogen-bond donors (Lipinski definition) is 4. The molecule has 33 heavy (non-hydrogen) atoms. The Bertz CT molecular complexity index is 1340. The molecule has 3 aromatic rings. The summed E-state index contributed by atoms with van der Waals surface area (Å²) >= 11 is 6.36. The van der Waals surface area contributed by atoms with Crippen LogP contribution in [-0.2, 0) is 9.09 Å². The van der Waals surface area contributed by atoms with Crippen LogP contribution in [0, 0.1) is 0 Å². The number of fused-ring (bicyclic) bond motifs is 1. The third kappa shape index (κ3) is 4.82. The Labute approximate surface area is 194 Å². The number of hydrogen-bond acceptors (Lipinski definition) is 7. The van der Waals surface area contributed by atoms with Crippen LogP contribution in [0.25, 0.3) is 22.3 Å². The molecule has 4 N–H and O–H groups in total. The molecule has 2 atom stereocenters. The Morgan fingerprint density at radius 3 is 2.61 bits per heavy atom. The van der Waals surface area contributed by atoms with Crippen LogP contribution in [0.4, 0.5) is 0 Å². The minimum atomic E-state index is -4.85. The van der Waals surface area contributed by atoms with Crippen molar-refractivity contribution in [1.82, 2.24) is 4.90 Å². The van der Waals surface area contributed by atoms with E-state index >= 15 is 0 Å². The Hall–Kier alpha value is -2.33. The quantitative estimate of drug-likeness (QED) is 0.315. The number of nitrogens with zero attached hydrogens (tertiary/aromatic N) is 1. The highest BCUT2D eigenvalue weighted by molar-refractivity contribution is 7.46. The molecule has 0 saturated carbocycles. The summed E-state index contributed by atoms with van der Waals surface area (Å²) in [5.41, 5.74) is 0.854.